The molecule has 1 rings (SSSR count). The summed E-state index contributed by atoms with van der Waals surface area (Å²) in [5.41, 5.74) is 2.20. The number of nitrogens with one attached hydrogen (secondary N) is 2. The van der Waals surface area contributed by atoms with Crippen LogP contribution in [-0.2, 0) is 0 Å². The molecule has 0 amide bonds. The lowest BCUT2D eigenvalue weighted by Gasteiger charge is -2.17. The summed E-state index contributed by atoms with van der Waals surface area (Å²) in [6.45, 7) is -0.763. The second-order valence-corrected chi connectivity index (χ2v) is 3.19. The molecule has 0 aliphatic rings. The number of hydrogen-bond acceptors (Lipinski definition) is 7. The number of hydrogen-bond donors (Lipinski definition) is 4. The molecular weight excluding hydrogens is 255 g/mol. The minimum atomic E-state index is -4.71. The van der Waals surface area contributed by atoms with E-state index in [-0.39, 0.29) is 17.4 Å². The highest BCUT2D eigenvalue weighted by molar-refractivity contribution is 5.63. The lowest BCUT2D eigenvalue weighted by atomic mass is 10.3. The fraction of sp³-hybridized carbons (Fsp3) is 0.500. The highest BCUT2D eigenvalue weighted by Gasteiger charge is 2.38. The molecule has 0 saturated heterocycles. The molecule has 0 aliphatic heterocycles. The Labute approximate surface area is 100 Å². The number of aliphatic hydroxyl groups is 1. The first-order chi connectivity index (χ1) is 8.40. The van der Waals surface area contributed by atoms with Crippen molar-refractivity contribution in [2.45, 2.75) is 12.3 Å². The summed E-state index contributed by atoms with van der Waals surface area (Å²) in [7, 11) is 1.28. The summed E-state index contributed by atoms with van der Waals surface area (Å²) >= 11 is 0. The van der Waals surface area contributed by atoms with E-state index in [0.29, 0.717) is 0 Å². The minimum Gasteiger partial charge on any atom is -0.490 e. The van der Waals surface area contributed by atoms with Crippen LogP contribution in [0.4, 0.5) is 24.8 Å². The van der Waals surface area contributed by atoms with Crippen LogP contribution in [0.3, 0.4) is 0 Å². The van der Waals surface area contributed by atoms with Gasteiger partial charge >= 0.3 is 6.18 Å². The fourth-order valence-electron chi connectivity index (χ4n) is 1.10. The molecule has 7 nitrogen and oxygen atoms in total. The molecule has 0 bridgehead atoms. The van der Waals surface area contributed by atoms with Gasteiger partial charge in [-0.1, -0.05) is 0 Å². The zero-order chi connectivity index (χ0) is 13.8. The van der Waals surface area contributed by atoms with E-state index in [1.54, 1.807) is 0 Å². The number of rotatable bonds is 5. The van der Waals surface area contributed by atoms with Gasteiger partial charge in [0.15, 0.2) is 17.7 Å². The van der Waals surface area contributed by atoms with E-state index in [4.69, 9.17) is 15.7 Å². The maximum Gasteiger partial charge on any atom is 0.416 e. The van der Waals surface area contributed by atoms with Crippen molar-refractivity contribution in [3.05, 3.63) is 6.33 Å². The third kappa shape index (κ3) is 3.34. The summed E-state index contributed by atoms with van der Waals surface area (Å²) < 4.78 is 41.2. The van der Waals surface area contributed by atoms with Gasteiger partial charge in [-0.2, -0.15) is 13.2 Å². The van der Waals surface area contributed by atoms with Crippen LogP contribution in [0.5, 0.6) is 5.75 Å². The average molecular weight is 267 g/mol. The highest BCUT2D eigenvalue weighted by Crippen LogP contribution is 2.28. The second kappa shape index (κ2) is 5.69. The Morgan fingerprint density at radius 2 is 2.06 bits per heavy atom. The molecule has 18 heavy (non-hydrogen) atoms. The Balaban J connectivity index is 2.79. The number of aromatic nitrogens is 2. The van der Waals surface area contributed by atoms with E-state index in [1.807, 2.05) is 0 Å². The molecule has 0 aliphatic carbocycles. The van der Waals surface area contributed by atoms with Gasteiger partial charge in [0.2, 0.25) is 5.75 Å². The quantitative estimate of drug-likeness (QED) is 0.443. The Hall–Kier alpha value is -1.81. The molecule has 1 unspecified atom stereocenters. The van der Waals surface area contributed by atoms with Crippen LogP contribution in [0.25, 0.3) is 0 Å². The Morgan fingerprint density at radius 3 is 2.56 bits per heavy atom. The fourth-order valence-corrected chi connectivity index (χ4v) is 1.10. The van der Waals surface area contributed by atoms with Crippen LogP contribution in [0.15, 0.2) is 6.33 Å². The lowest BCUT2D eigenvalue weighted by Crippen LogP contribution is -2.35. The number of nitrogen functional groups attached to an aromatic ring is 1. The first kappa shape index (κ1) is 14.3. The number of aliphatic hydroxyl groups excluding tert-OH is 1. The normalized spacial score (nSPS) is 13.0. The van der Waals surface area contributed by atoms with Crippen molar-refractivity contribution in [2.24, 2.45) is 5.84 Å². The van der Waals surface area contributed by atoms with Crippen LogP contribution in [0.2, 0.25) is 0 Å². The van der Waals surface area contributed by atoms with Gasteiger partial charge in [-0.25, -0.2) is 15.8 Å². The maximum atomic E-state index is 12.1. The van der Waals surface area contributed by atoms with E-state index in [1.165, 1.54) is 7.11 Å². The minimum absolute atomic E-state index is 0.0104. The van der Waals surface area contributed by atoms with Crippen molar-refractivity contribution in [3.63, 3.8) is 0 Å². The summed E-state index contributed by atoms with van der Waals surface area (Å²) in [5, 5.41) is 11.1. The van der Waals surface area contributed by atoms with Crippen LogP contribution in [0.1, 0.15) is 0 Å². The van der Waals surface area contributed by atoms with Crippen molar-refractivity contribution in [1.29, 1.82) is 0 Å². The molecule has 1 aromatic heterocycles. The zero-order valence-electron chi connectivity index (χ0n) is 9.32. The van der Waals surface area contributed by atoms with Gasteiger partial charge in [0.1, 0.15) is 6.33 Å². The average Bonchev–Trinajstić information content (AvgIpc) is 2.33. The molecule has 10 heteroatoms. The monoisotopic (exact) mass is 267 g/mol. The van der Waals surface area contributed by atoms with E-state index in [2.05, 4.69) is 20.7 Å². The van der Waals surface area contributed by atoms with Crippen LogP contribution in [0, 0.1) is 0 Å². The van der Waals surface area contributed by atoms with E-state index in [0.717, 1.165) is 6.33 Å². The number of alkyl halides is 3. The van der Waals surface area contributed by atoms with Crippen LogP contribution >= 0.6 is 0 Å². The number of halogens is 3. The van der Waals surface area contributed by atoms with Crippen molar-refractivity contribution in [1.82, 2.24) is 9.97 Å². The SMILES string of the molecule is COc1c(NN)ncnc1NCC(O)C(F)(F)F. The molecule has 0 spiro atoms. The van der Waals surface area contributed by atoms with Gasteiger partial charge in [-0.05, 0) is 0 Å². The van der Waals surface area contributed by atoms with E-state index < -0.39 is 18.8 Å². The molecular formula is C8H12F3N5O2. The molecule has 102 valence electrons. The van der Waals surface area contributed by atoms with Gasteiger partial charge < -0.3 is 20.6 Å². The molecule has 5 N–H and O–H groups in total. The standard InChI is InChI=1S/C8H12F3N5O2/c1-18-5-6(14-3-15-7(5)16-12)13-2-4(17)8(9,10)11/h3-4,17H,2,12H2,1H3,(H2,13,14,15,16). The lowest BCUT2D eigenvalue weighted by molar-refractivity contribution is -0.198. The predicted octanol–water partition coefficient (Wildman–Crippen LogP) is 0.106. The first-order valence-electron chi connectivity index (χ1n) is 4.74. The smallest absolute Gasteiger partial charge is 0.416 e. The van der Waals surface area contributed by atoms with Crippen LogP contribution in [-0.4, -0.2) is 41.0 Å². The molecule has 1 heterocycles. The summed E-state index contributed by atoms with van der Waals surface area (Å²) in [4.78, 5) is 7.40. The summed E-state index contributed by atoms with van der Waals surface area (Å²) in [6, 6.07) is 0. The topological polar surface area (TPSA) is 105 Å². The van der Waals surface area contributed by atoms with Gasteiger partial charge in [0.05, 0.1) is 13.7 Å². The highest BCUT2D eigenvalue weighted by atomic mass is 19.4. The first-order valence-corrected chi connectivity index (χ1v) is 4.74. The van der Waals surface area contributed by atoms with Gasteiger partial charge in [0.25, 0.3) is 0 Å². The number of hydrazine groups is 1. The predicted molar refractivity (Wildman–Crippen MR) is 56.9 cm³/mol. The largest absolute Gasteiger partial charge is 0.490 e. The number of ether oxygens (including phenoxy) is 1. The zero-order valence-corrected chi connectivity index (χ0v) is 9.32. The Bertz CT molecular complexity index is 401. The van der Waals surface area contributed by atoms with Gasteiger partial charge in [-0.15, -0.1) is 0 Å². The number of methoxy groups -OCH3 is 1. The molecule has 1 aromatic rings. The number of anilines is 2. The maximum absolute atomic E-state index is 12.1. The molecule has 0 fully saturated rings. The summed E-state index contributed by atoms with van der Waals surface area (Å²) in [6.07, 6.45) is -6.13. The third-order valence-corrected chi connectivity index (χ3v) is 1.99. The van der Waals surface area contributed by atoms with E-state index >= 15 is 0 Å². The van der Waals surface area contributed by atoms with Crippen LogP contribution < -0.4 is 21.3 Å². The van der Waals surface area contributed by atoms with Crippen molar-refractivity contribution >= 4 is 11.6 Å². The van der Waals surface area contributed by atoms with Crippen molar-refractivity contribution < 1.29 is 23.0 Å². The Morgan fingerprint density at radius 1 is 1.44 bits per heavy atom. The number of nitrogens with two attached hydrogens (primary N) is 1. The van der Waals surface area contributed by atoms with E-state index in [9.17, 15) is 13.2 Å². The number of nitrogens with zero attached hydrogens (tertiary/aromatic N) is 2. The molecule has 0 saturated carbocycles. The van der Waals surface area contributed by atoms with Crippen molar-refractivity contribution in [3.8, 4) is 5.75 Å². The van der Waals surface area contributed by atoms with Gasteiger partial charge in [0, 0.05) is 0 Å². The second-order valence-electron chi connectivity index (χ2n) is 3.19. The molecule has 0 radical (unpaired) electrons. The summed E-state index contributed by atoms with van der Waals surface area (Å²) in [5.74, 6) is 5.29. The molecule has 1 atom stereocenters. The Kier molecular flexibility index (Phi) is 4.50. The van der Waals surface area contributed by atoms with Gasteiger partial charge in [-0.3, -0.25) is 0 Å². The van der Waals surface area contributed by atoms with Crippen molar-refractivity contribution in [2.75, 3.05) is 24.4 Å². The third-order valence-electron chi connectivity index (χ3n) is 1.99. The molecule has 0 aromatic carbocycles.